The molecule has 1 heterocycles. The molecule has 0 aromatic heterocycles. The van der Waals surface area contributed by atoms with Gasteiger partial charge in [-0.3, -0.25) is 0 Å². The van der Waals surface area contributed by atoms with E-state index in [4.69, 9.17) is 5.26 Å². The lowest BCUT2D eigenvalue weighted by Gasteiger charge is -2.08. The van der Waals surface area contributed by atoms with Crippen molar-refractivity contribution in [1.29, 1.82) is 5.26 Å². The number of allylic oxidation sites excluding steroid dienone is 3. The topological polar surface area (TPSA) is 35.8 Å². The highest BCUT2D eigenvalue weighted by Crippen LogP contribution is 2.00. The Morgan fingerprint density at radius 2 is 2.44 bits per heavy atom. The van der Waals surface area contributed by atoms with Crippen molar-refractivity contribution in [2.24, 2.45) is 0 Å². The maximum Gasteiger partial charge on any atom is 0.0966 e. The van der Waals surface area contributed by atoms with Gasteiger partial charge < -0.3 is 5.32 Å². The van der Waals surface area contributed by atoms with Crippen LogP contribution in [0.1, 0.15) is 6.92 Å². The molecule has 46 valence electrons. The van der Waals surface area contributed by atoms with Crippen molar-refractivity contribution in [3.8, 4) is 6.07 Å². The molecule has 2 nitrogen and oxygen atoms in total. The van der Waals surface area contributed by atoms with Crippen LogP contribution in [0, 0.1) is 11.3 Å². The molecule has 0 saturated carbocycles. The van der Waals surface area contributed by atoms with Crippen LogP contribution in [-0.4, -0.2) is 6.54 Å². The third-order valence-corrected chi connectivity index (χ3v) is 1.24. The lowest BCUT2D eigenvalue weighted by molar-refractivity contribution is 0.870. The Hall–Kier alpha value is -1.23. The molecule has 0 aliphatic carbocycles. The molecular formula is C7H8N2. The van der Waals surface area contributed by atoms with Crippen LogP contribution in [-0.2, 0) is 0 Å². The van der Waals surface area contributed by atoms with E-state index in [1.165, 1.54) is 0 Å². The Labute approximate surface area is 54.5 Å². The monoisotopic (exact) mass is 120 g/mol. The molecule has 1 N–H and O–H groups in total. The van der Waals surface area contributed by atoms with Crippen molar-refractivity contribution < 1.29 is 0 Å². The molecule has 0 aromatic carbocycles. The van der Waals surface area contributed by atoms with Gasteiger partial charge in [-0.05, 0) is 19.1 Å². The maximum absolute atomic E-state index is 8.39. The quantitative estimate of drug-likeness (QED) is 0.516. The van der Waals surface area contributed by atoms with Crippen LogP contribution in [0.3, 0.4) is 0 Å². The molecular weight excluding hydrogens is 112 g/mol. The molecule has 0 unspecified atom stereocenters. The van der Waals surface area contributed by atoms with Gasteiger partial charge in [0.25, 0.3) is 0 Å². The third kappa shape index (κ3) is 1.33. The number of nitrogens with one attached hydrogen (secondary N) is 1. The fourth-order valence-corrected chi connectivity index (χ4v) is 0.655. The second-order valence-corrected chi connectivity index (χ2v) is 2.01. The standard InChI is InChI=1S/C7H8N2/c1-6-2-3-7(4-8)5-9-6/h2-3,9H,5H2,1H3. The summed E-state index contributed by atoms with van der Waals surface area (Å²) in [6.45, 7) is 2.66. The van der Waals surface area contributed by atoms with Crippen LogP contribution in [0.5, 0.6) is 0 Å². The first kappa shape index (κ1) is 5.90. The number of nitrogens with zero attached hydrogens (tertiary/aromatic N) is 1. The first-order chi connectivity index (χ1) is 4.33. The van der Waals surface area contributed by atoms with E-state index >= 15 is 0 Å². The smallest absolute Gasteiger partial charge is 0.0966 e. The van der Waals surface area contributed by atoms with Gasteiger partial charge in [-0.1, -0.05) is 0 Å². The van der Waals surface area contributed by atoms with Crippen molar-refractivity contribution >= 4 is 0 Å². The van der Waals surface area contributed by atoms with Crippen LogP contribution in [0.2, 0.25) is 0 Å². The largest absolute Gasteiger partial charge is 0.384 e. The Balaban J connectivity index is 2.73. The van der Waals surface area contributed by atoms with Gasteiger partial charge in [0.15, 0.2) is 0 Å². The molecule has 1 aliphatic heterocycles. The zero-order valence-electron chi connectivity index (χ0n) is 5.31. The number of hydrogen-bond acceptors (Lipinski definition) is 2. The number of rotatable bonds is 0. The lowest BCUT2D eigenvalue weighted by atomic mass is 10.2. The molecule has 1 rings (SSSR count). The van der Waals surface area contributed by atoms with Gasteiger partial charge in [-0.25, -0.2) is 0 Å². The summed E-state index contributed by atoms with van der Waals surface area (Å²) in [5, 5.41) is 11.4. The summed E-state index contributed by atoms with van der Waals surface area (Å²) in [6, 6.07) is 2.08. The van der Waals surface area contributed by atoms with Crippen LogP contribution in [0.25, 0.3) is 0 Å². The van der Waals surface area contributed by atoms with Crippen LogP contribution >= 0.6 is 0 Å². The molecule has 1 aliphatic rings. The average Bonchev–Trinajstić information content (AvgIpc) is 1.90. The van der Waals surface area contributed by atoms with Crippen LogP contribution in [0.4, 0.5) is 0 Å². The van der Waals surface area contributed by atoms with Crippen molar-refractivity contribution in [2.45, 2.75) is 6.92 Å². The number of nitriles is 1. The summed E-state index contributed by atoms with van der Waals surface area (Å²) in [6.07, 6.45) is 3.74. The van der Waals surface area contributed by atoms with E-state index in [-0.39, 0.29) is 0 Å². The normalized spacial score (nSPS) is 16.9. The summed E-state index contributed by atoms with van der Waals surface area (Å²) >= 11 is 0. The van der Waals surface area contributed by atoms with Gasteiger partial charge in [0.05, 0.1) is 6.07 Å². The second-order valence-electron chi connectivity index (χ2n) is 2.01. The van der Waals surface area contributed by atoms with E-state index in [0.29, 0.717) is 6.54 Å². The second kappa shape index (κ2) is 2.36. The molecule has 0 aromatic rings. The Morgan fingerprint density at radius 3 is 2.89 bits per heavy atom. The maximum atomic E-state index is 8.39. The molecule has 0 amide bonds. The SMILES string of the molecule is CC1=CC=C(C#N)CN1. The molecule has 0 atom stereocenters. The Bertz CT molecular complexity index is 205. The summed E-state index contributed by atoms with van der Waals surface area (Å²) in [5.74, 6) is 0. The Kier molecular flexibility index (Phi) is 1.55. The highest BCUT2D eigenvalue weighted by molar-refractivity contribution is 5.32. The number of dihydropyridines is 1. The summed E-state index contributed by atoms with van der Waals surface area (Å²) in [4.78, 5) is 0. The molecule has 0 radical (unpaired) electrons. The predicted molar refractivity (Wildman–Crippen MR) is 35.5 cm³/mol. The van der Waals surface area contributed by atoms with Gasteiger partial charge >= 0.3 is 0 Å². The summed E-state index contributed by atoms with van der Waals surface area (Å²) in [7, 11) is 0. The summed E-state index contributed by atoms with van der Waals surface area (Å²) in [5.41, 5.74) is 1.91. The van der Waals surface area contributed by atoms with Crippen molar-refractivity contribution in [3.63, 3.8) is 0 Å². The minimum atomic E-state index is 0.679. The fraction of sp³-hybridized carbons (Fsp3) is 0.286. The van der Waals surface area contributed by atoms with Gasteiger partial charge in [-0.15, -0.1) is 0 Å². The highest BCUT2D eigenvalue weighted by Gasteiger charge is 1.97. The molecule has 0 fully saturated rings. The minimum Gasteiger partial charge on any atom is -0.384 e. The third-order valence-electron chi connectivity index (χ3n) is 1.24. The van der Waals surface area contributed by atoms with Crippen molar-refractivity contribution in [3.05, 3.63) is 23.4 Å². The number of hydrogen-bond donors (Lipinski definition) is 1. The summed E-state index contributed by atoms with van der Waals surface area (Å²) < 4.78 is 0. The van der Waals surface area contributed by atoms with E-state index in [0.717, 1.165) is 11.3 Å². The first-order valence-electron chi connectivity index (χ1n) is 2.84. The van der Waals surface area contributed by atoms with E-state index in [9.17, 15) is 0 Å². The molecule has 0 bridgehead atoms. The predicted octanol–water partition coefficient (Wildman–Crippen LogP) is 0.943. The molecule has 0 spiro atoms. The first-order valence-corrected chi connectivity index (χ1v) is 2.84. The highest BCUT2D eigenvalue weighted by atomic mass is 14.9. The molecule has 2 heteroatoms. The van der Waals surface area contributed by atoms with Gasteiger partial charge in [0, 0.05) is 17.8 Å². The van der Waals surface area contributed by atoms with E-state index in [2.05, 4.69) is 11.4 Å². The van der Waals surface area contributed by atoms with Crippen molar-refractivity contribution in [1.82, 2.24) is 5.32 Å². The zero-order chi connectivity index (χ0) is 6.69. The average molecular weight is 120 g/mol. The van der Waals surface area contributed by atoms with Gasteiger partial charge in [-0.2, -0.15) is 5.26 Å². The van der Waals surface area contributed by atoms with E-state index < -0.39 is 0 Å². The van der Waals surface area contributed by atoms with Crippen LogP contribution < -0.4 is 5.32 Å². The lowest BCUT2D eigenvalue weighted by Crippen LogP contribution is -2.16. The van der Waals surface area contributed by atoms with Gasteiger partial charge in [0.1, 0.15) is 0 Å². The fourth-order valence-electron chi connectivity index (χ4n) is 0.655. The van der Waals surface area contributed by atoms with Crippen molar-refractivity contribution in [2.75, 3.05) is 6.54 Å². The van der Waals surface area contributed by atoms with E-state index in [1.807, 2.05) is 19.1 Å². The Morgan fingerprint density at radius 1 is 1.67 bits per heavy atom. The molecule has 9 heavy (non-hydrogen) atoms. The zero-order valence-corrected chi connectivity index (χ0v) is 5.31. The molecule has 0 saturated heterocycles. The van der Waals surface area contributed by atoms with Gasteiger partial charge in [0.2, 0.25) is 0 Å². The van der Waals surface area contributed by atoms with Crippen LogP contribution in [0.15, 0.2) is 23.4 Å². The minimum absolute atomic E-state index is 0.679. The van der Waals surface area contributed by atoms with E-state index in [1.54, 1.807) is 0 Å².